The van der Waals surface area contributed by atoms with Gasteiger partial charge in [0.15, 0.2) is 0 Å². The fraction of sp³-hybridized carbons (Fsp3) is 0.429. The minimum atomic E-state index is -0.391. The Morgan fingerprint density at radius 2 is 2.07 bits per heavy atom. The van der Waals surface area contributed by atoms with Crippen LogP contribution < -0.4 is 5.32 Å². The molecule has 1 fully saturated rings. The van der Waals surface area contributed by atoms with Crippen molar-refractivity contribution in [3.63, 3.8) is 0 Å². The second-order valence-corrected chi connectivity index (χ2v) is 9.18. The van der Waals surface area contributed by atoms with E-state index in [1.807, 2.05) is 12.1 Å². The molecule has 3 rings (SSSR count). The van der Waals surface area contributed by atoms with Gasteiger partial charge >= 0.3 is 0 Å². The number of hydrogen-bond donors (Lipinski definition) is 1. The molecule has 2 heterocycles. The maximum atomic E-state index is 14.2. The van der Waals surface area contributed by atoms with Crippen molar-refractivity contribution in [2.45, 2.75) is 39.2 Å². The van der Waals surface area contributed by atoms with Crippen LogP contribution in [0.4, 0.5) is 4.39 Å². The molecule has 144 valence electrons. The number of pyridine rings is 1. The number of halogens is 3. The standard InChI is InChI=1S/C16H20ClFN2.C5H4BrN/c1-16(2,3)7-14-11(8-19)12(9-20-14)10-5-4-6-13(17)15(10)18;6-5-2-1-3-7-4-5/h4-6,11-12,14,20H,7,9H2,1-3H3;1-4H. The summed E-state index contributed by atoms with van der Waals surface area (Å²) in [4.78, 5) is 3.84. The van der Waals surface area contributed by atoms with Gasteiger partial charge in [0.25, 0.3) is 0 Å². The number of nitrogens with one attached hydrogen (secondary N) is 1. The summed E-state index contributed by atoms with van der Waals surface area (Å²) in [6, 6.07) is 11.3. The van der Waals surface area contributed by atoms with Gasteiger partial charge < -0.3 is 5.32 Å². The lowest BCUT2D eigenvalue weighted by Crippen LogP contribution is -2.31. The molecule has 6 heteroatoms. The SMILES string of the molecule is Brc1cccnc1.CC(C)(C)CC1NCC(c2cccc(Cl)c2F)C1C#N. The third kappa shape index (κ3) is 6.27. The van der Waals surface area contributed by atoms with Gasteiger partial charge in [0.05, 0.1) is 17.0 Å². The highest BCUT2D eigenvalue weighted by atomic mass is 79.9. The lowest BCUT2D eigenvalue weighted by molar-refractivity contribution is 0.304. The van der Waals surface area contributed by atoms with Gasteiger partial charge in [0, 0.05) is 35.4 Å². The van der Waals surface area contributed by atoms with E-state index in [4.69, 9.17) is 11.6 Å². The highest BCUT2D eigenvalue weighted by Crippen LogP contribution is 2.38. The van der Waals surface area contributed by atoms with Gasteiger partial charge in [-0.1, -0.05) is 44.5 Å². The second kappa shape index (κ2) is 9.64. The molecule has 0 radical (unpaired) electrons. The van der Waals surface area contributed by atoms with Gasteiger partial charge in [-0.3, -0.25) is 4.98 Å². The van der Waals surface area contributed by atoms with Crippen LogP contribution in [0.3, 0.4) is 0 Å². The first-order chi connectivity index (χ1) is 12.7. The molecule has 1 N–H and O–H groups in total. The fourth-order valence-electron chi connectivity index (χ4n) is 3.30. The minimum Gasteiger partial charge on any atom is -0.312 e. The number of nitrogens with zero attached hydrogens (tertiary/aromatic N) is 2. The van der Waals surface area contributed by atoms with E-state index in [1.165, 1.54) is 6.07 Å². The molecular formula is C21H24BrClFN3. The van der Waals surface area contributed by atoms with Crippen LogP contribution in [0.1, 0.15) is 38.7 Å². The number of hydrogen-bond acceptors (Lipinski definition) is 3. The van der Waals surface area contributed by atoms with Crippen molar-refractivity contribution in [3.05, 3.63) is 63.6 Å². The molecule has 1 aromatic carbocycles. The van der Waals surface area contributed by atoms with Crippen molar-refractivity contribution in [2.24, 2.45) is 11.3 Å². The Hall–Kier alpha value is -1.48. The van der Waals surface area contributed by atoms with E-state index in [0.717, 1.165) is 10.9 Å². The molecule has 3 nitrogen and oxygen atoms in total. The lowest BCUT2D eigenvalue weighted by Gasteiger charge is -2.26. The van der Waals surface area contributed by atoms with E-state index in [2.05, 4.69) is 53.1 Å². The first-order valence-corrected chi connectivity index (χ1v) is 10.0. The quantitative estimate of drug-likeness (QED) is 0.612. The average Bonchev–Trinajstić information content (AvgIpc) is 2.99. The second-order valence-electron chi connectivity index (χ2n) is 7.86. The average molecular weight is 453 g/mol. The summed E-state index contributed by atoms with van der Waals surface area (Å²) in [6.45, 7) is 7.07. The van der Waals surface area contributed by atoms with Gasteiger partial charge in [0.2, 0.25) is 0 Å². The van der Waals surface area contributed by atoms with Gasteiger partial charge in [-0.2, -0.15) is 5.26 Å². The number of benzene rings is 1. The van der Waals surface area contributed by atoms with Crippen molar-refractivity contribution >= 4 is 27.5 Å². The highest BCUT2D eigenvalue weighted by molar-refractivity contribution is 9.10. The smallest absolute Gasteiger partial charge is 0.145 e. The van der Waals surface area contributed by atoms with Crippen LogP contribution >= 0.6 is 27.5 Å². The van der Waals surface area contributed by atoms with Gasteiger partial charge in [-0.25, -0.2) is 4.39 Å². The van der Waals surface area contributed by atoms with Gasteiger partial charge in [-0.15, -0.1) is 0 Å². The number of aromatic nitrogens is 1. The molecule has 1 aliphatic heterocycles. The third-order valence-corrected chi connectivity index (χ3v) is 5.22. The molecule has 0 spiro atoms. The van der Waals surface area contributed by atoms with Crippen molar-refractivity contribution in [3.8, 4) is 6.07 Å². The first kappa shape index (κ1) is 21.8. The Morgan fingerprint density at radius 1 is 1.33 bits per heavy atom. The van der Waals surface area contributed by atoms with E-state index in [0.29, 0.717) is 12.1 Å². The van der Waals surface area contributed by atoms with E-state index in [-0.39, 0.29) is 28.3 Å². The summed E-state index contributed by atoms with van der Waals surface area (Å²) >= 11 is 9.10. The van der Waals surface area contributed by atoms with E-state index >= 15 is 0 Å². The van der Waals surface area contributed by atoms with Crippen LogP contribution in [0.15, 0.2) is 47.2 Å². The highest BCUT2D eigenvalue weighted by Gasteiger charge is 2.39. The maximum absolute atomic E-state index is 14.2. The summed E-state index contributed by atoms with van der Waals surface area (Å²) in [5.41, 5.74) is 0.683. The Balaban J connectivity index is 0.000000313. The zero-order valence-electron chi connectivity index (χ0n) is 15.7. The molecule has 27 heavy (non-hydrogen) atoms. The molecule has 0 saturated carbocycles. The number of rotatable bonds is 2. The maximum Gasteiger partial charge on any atom is 0.145 e. The van der Waals surface area contributed by atoms with Crippen molar-refractivity contribution < 1.29 is 4.39 Å². The molecule has 0 bridgehead atoms. The molecule has 3 unspecified atom stereocenters. The molecular weight excluding hydrogens is 429 g/mol. The van der Waals surface area contributed by atoms with E-state index in [1.54, 1.807) is 24.5 Å². The van der Waals surface area contributed by atoms with Crippen molar-refractivity contribution in [1.82, 2.24) is 10.3 Å². The molecule has 1 aromatic heterocycles. The normalized spacial score (nSPS) is 21.9. The molecule has 2 aromatic rings. The molecule has 1 aliphatic rings. The Bertz CT molecular complexity index is 786. The Kier molecular flexibility index (Phi) is 7.79. The zero-order valence-corrected chi connectivity index (χ0v) is 18.1. The summed E-state index contributed by atoms with van der Waals surface area (Å²) in [5.74, 6) is -0.745. The zero-order chi connectivity index (χ0) is 20.0. The van der Waals surface area contributed by atoms with Gasteiger partial charge in [-0.05, 0) is 51.5 Å². The lowest BCUT2D eigenvalue weighted by atomic mass is 9.79. The predicted octanol–water partition coefficient (Wildman–Crippen LogP) is 5.95. The summed E-state index contributed by atoms with van der Waals surface area (Å²) < 4.78 is 15.2. The Morgan fingerprint density at radius 3 is 2.59 bits per heavy atom. The molecule has 1 saturated heterocycles. The minimum absolute atomic E-state index is 0.100. The Labute approximate surface area is 174 Å². The van der Waals surface area contributed by atoms with Crippen LogP contribution in [-0.4, -0.2) is 17.6 Å². The molecule has 0 amide bonds. The summed E-state index contributed by atoms with van der Waals surface area (Å²) in [7, 11) is 0. The van der Waals surface area contributed by atoms with Crippen molar-refractivity contribution in [2.75, 3.05) is 6.54 Å². The fourth-order valence-corrected chi connectivity index (χ4v) is 3.76. The number of nitriles is 1. The molecule has 3 atom stereocenters. The van der Waals surface area contributed by atoms with Gasteiger partial charge in [0.1, 0.15) is 5.82 Å². The third-order valence-electron chi connectivity index (χ3n) is 4.45. The predicted molar refractivity (Wildman–Crippen MR) is 111 cm³/mol. The van der Waals surface area contributed by atoms with Crippen LogP contribution in [-0.2, 0) is 0 Å². The van der Waals surface area contributed by atoms with Crippen LogP contribution in [0, 0.1) is 28.5 Å². The van der Waals surface area contributed by atoms with E-state index in [9.17, 15) is 9.65 Å². The summed E-state index contributed by atoms with van der Waals surface area (Å²) in [6.07, 6.45) is 4.38. The first-order valence-electron chi connectivity index (χ1n) is 8.85. The van der Waals surface area contributed by atoms with E-state index < -0.39 is 5.82 Å². The summed E-state index contributed by atoms with van der Waals surface area (Å²) in [5, 5.41) is 13.0. The largest absolute Gasteiger partial charge is 0.312 e. The van der Waals surface area contributed by atoms with Crippen LogP contribution in [0.2, 0.25) is 5.02 Å². The monoisotopic (exact) mass is 451 g/mol. The van der Waals surface area contributed by atoms with Crippen LogP contribution in [0.25, 0.3) is 0 Å². The van der Waals surface area contributed by atoms with Crippen molar-refractivity contribution in [1.29, 1.82) is 5.26 Å². The topological polar surface area (TPSA) is 48.7 Å². The van der Waals surface area contributed by atoms with Crippen LogP contribution in [0.5, 0.6) is 0 Å². The molecule has 0 aliphatic carbocycles.